The van der Waals surface area contributed by atoms with Crippen LogP contribution in [0, 0.1) is 10.1 Å². The van der Waals surface area contributed by atoms with Crippen molar-refractivity contribution >= 4 is 22.5 Å². The first-order valence-electron chi connectivity index (χ1n) is 7.52. The van der Waals surface area contributed by atoms with Gasteiger partial charge in [-0.15, -0.1) is 0 Å². The van der Waals surface area contributed by atoms with Crippen LogP contribution >= 0.6 is 11.6 Å². The number of methoxy groups -OCH3 is 1. The first-order chi connectivity index (χ1) is 11.5. The summed E-state index contributed by atoms with van der Waals surface area (Å²) in [5.74, 6) is 0.116. The Kier molecular flexibility index (Phi) is 6.77. The number of carbonyl (C=O) groups excluding carboxylic acids is 1. The molecule has 1 fully saturated rings. The van der Waals surface area contributed by atoms with Crippen molar-refractivity contribution in [1.29, 1.82) is 0 Å². The third-order valence-corrected chi connectivity index (χ3v) is 3.88. The van der Waals surface area contributed by atoms with Crippen LogP contribution in [0.25, 0.3) is 0 Å². The maximum atomic E-state index is 11.3. The van der Waals surface area contributed by atoms with E-state index >= 15 is 0 Å². The van der Waals surface area contributed by atoms with Crippen molar-refractivity contribution in [3.05, 3.63) is 27.8 Å². The quantitative estimate of drug-likeness (QED) is 0.304. The molecule has 0 spiro atoms. The molecule has 24 heavy (non-hydrogen) atoms. The fourth-order valence-electron chi connectivity index (χ4n) is 2.50. The fourth-order valence-corrected chi connectivity index (χ4v) is 2.65. The van der Waals surface area contributed by atoms with Crippen molar-refractivity contribution in [3.63, 3.8) is 0 Å². The molecule has 0 saturated carbocycles. The van der Waals surface area contributed by atoms with Crippen LogP contribution in [0.2, 0.25) is 0 Å². The standard InChI is InChI=1S/C15H19ClN2O6/c1-22-14-12(4-3-11(15(16)19)13(14)18(20)21)24-8-2-5-17-6-9-23-10-7-17/h3-4H,2,5-10H2,1H3. The molecule has 0 atom stereocenters. The highest BCUT2D eigenvalue weighted by atomic mass is 35.5. The maximum Gasteiger partial charge on any atom is 0.326 e. The summed E-state index contributed by atoms with van der Waals surface area (Å²) >= 11 is 5.39. The van der Waals surface area contributed by atoms with Gasteiger partial charge in [0.1, 0.15) is 5.56 Å². The number of nitro benzene ring substituents is 1. The lowest BCUT2D eigenvalue weighted by Crippen LogP contribution is -2.37. The van der Waals surface area contributed by atoms with Crippen molar-refractivity contribution in [2.75, 3.05) is 46.6 Å². The summed E-state index contributed by atoms with van der Waals surface area (Å²) in [5.41, 5.74) is -0.706. The second-order valence-corrected chi connectivity index (χ2v) is 5.52. The molecule has 9 heteroatoms. The molecule has 0 unspecified atom stereocenters. The molecule has 0 amide bonds. The van der Waals surface area contributed by atoms with Gasteiger partial charge in [0.05, 0.1) is 31.9 Å². The highest BCUT2D eigenvalue weighted by Gasteiger charge is 2.28. The van der Waals surface area contributed by atoms with Gasteiger partial charge in [0.2, 0.25) is 5.75 Å². The molecule has 0 bridgehead atoms. The number of nitrogens with zero attached hydrogens (tertiary/aromatic N) is 2. The van der Waals surface area contributed by atoms with Crippen molar-refractivity contribution in [3.8, 4) is 11.5 Å². The molecule has 0 aliphatic carbocycles. The molecule has 1 aromatic carbocycles. The summed E-state index contributed by atoms with van der Waals surface area (Å²) in [5, 5.41) is 10.3. The second kappa shape index (κ2) is 8.81. The smallest absolute Gasteiger partial charge is 0.326 e. The van der Waals surface area contributed by atoms with Crippen LogP contribution in [0.3, 0.4) is 0 Å². The van der Waals surface area contributed by atoms with Gasteiger partial charge in [0.15, 0.2) is 5.75 Å². The Hall–Kier alpha value is -1.90. The molecule has 1 heterocycles. The van der Waals surface area contributed by atoms with Crippen molar-refractivity contribution < 1.29 is 23.9 Å². The van der Waals surface area contributed by atoms with Crippen molar-refractivity contribution in [2.24, 2.45) is 0 Å². The first kappa shape index (κ1) is 18.4. The van der Waals surface area contributed by atoms with E-state index < -0.39 is 15.9 Å². The van der Waals surface area contributed by atoms with E-state index in [2.05, 4.69) is 4.90 Å². The number of hydrogen-bond acceptors (Lipinski definition) is 7. The van der Waals surface area contributed by atoms with E-state index in [-0.39, 0.29) is 17.1 Å². The largest absolute Gasteiger partial charge is 0.489 e. The molecule has 0 aromatic heterocycles. The van der Waals surface area contributed by atoms with Crippen LogP contribution in [0.4, 0.5) is 5.69 Å². The zero-order valence-electron chi connectivity index (χ0n) is 13.3. The number of rotatable bonds is 8. The van der Waals surface area contributed by atoms with Crippen LogP contribution in [0.15, 0.2) is 12.1 Å². The fraction of sp³-hybridized carbons (Fsp3) is 0.533. The van der Waals surface area contributed by atoms with Gasteiger partial charge < -0.3 is 14.2 Å². The van der Waals surface area contributed by atoms with Crippen LogP contribution < -0.4 is 9.47 Å². The summed E-state index contributed by atoms with van der Waals surface area (Å²) in [4.78, 5) is 24.1. The second-order valence-electron chi connectivity index (χ2n) is 5.18. The van der Waals surface area contributed by atoms with Crippen LogP contribution in [0.1, 0.15) is 16.8 Å². The minimum absolute atomic E-state index is 0.0992. The SMILES string of the molecule is COc1c(OCCCN2CCOCC2)ccc(C(=O)Cl)c1[N+](=O)[O-]. The lowest BCUT2D eigenvalue weighted by atomic mass is 10.1. The predicted molar refractivity (Wildman–Crippen MR) is 87.2 cm³/mol. The number of nitro groups is 1. The normalized spacial score (nSPS) is 15.1. The zero-order chi connectivity index (χ0) is 17.5. The van der Waals surface area contributed by atoms with Gasteiger partial charge in [0, 0.05) is 19.6 Å². The van der Waals surface area contributed by atoms with E-state index in [1.54, 1.807) is 0 Å². The van der Waals surface area contributed by atoms with Gasteiger partial charge in [-0.25, -0.2) is 0 Å². The summed E-state index contributed by atoms with van der Waals surface area (Å²) in [6, 6.07) is 2.73. The summed E-state index contributed by atoms with van der Waals surface area (Å²) in [7, 11) is 1.28. The Morgan fingerprint density at radius 1 is 1.42 bits per heavy atom. The molecule has 1 aliphatic rings. The van der Waals surface area contributed by atoms with Gasteiger partial charge >= 0.3 is 5.69 Å². The van der Waals surface area contributed by atoms with E-state index in [0.29, 0.717) is 6.61 Å². The number of hydrogen-bond donors (Lipinski definition) is 0. The van der Waals surface area contributed by atoms with E-state index in [4.69, 9.17) is 25.8 Å². The van der Waals surface area contributed by atoms with E-state index in [0.717, 1.165) is 39.3 Å². The summed E-state index contributed by atoms with van der Waals surface area (Å²) < 4.78 is 16.0. The highest BCUT2D eigenvalue weighted by Crippen LogP contribution is 2.40. The third-order valence-electron chi connectivity index (χ3n) is 3.67. The van der Waals surface area contributed by atoms with Crippen molar-refractivity contribution in [1.82, 2.24) is 4.90 Å². The Morgan fingerprint density at radius 2 is 2.12 bits per heavy atom. The average molecular weight is 359 g/mol. The number of morpholine rings is 1. The van der Waals surface area contributed by atoms with Gasteiger partial charge in [0.25, 0.3) is 5.24 Å². The van der Waals surface area contributed by atoms with Crippen LogP contribution in [0.5, 0.6) is 11.5 Å². The monoisotopic (exact) mass is 358 g/mol. The van der Waals surface area contributed by atoms with Gasteiger partial charge in [-0.2, -0.15) is 0 Å². The molecular weight excluding hydrogens is 340 g/mol. The molecule has 8 nitrogen and oxygen atoms in total. The molecular formula is C15H19ClN2O6. The summed E-state index contributed by atoms with van der Waals surface area (Å²) in [6.07, 6.45) is 0.757. The number of halogens is 1. The third kappa shape index (κ3) is 4.56. The Balaban J connectivity index is 2.02. The summed E-state index contributed by atoms with van der Waals surface area (Å²) in [6.45, 7) is 4.47. The van der Waals surface area contributed by atoms with E-state index in [9.17, 15) is 14.9 Å². The highest BCUT2D eigenvalue weighted by molar-refractivity contribution is 6.68. The van der Waals surface area contributed by atoms with Gasteiger partial charge in [-0.05, 0) is 30.2 Å². The van der Waals surface area contributed by atoms with Crippen molar-refractivity contribution in [2.45, 2.75) is 6.42 Å². The minimum Gasteiger partial charge on any atom is -0.489 e. The molecule has 2 rings (SSSR count). The van der Waals surface area contributed by atoms with E-state index in [1.165, 1.54) is 19.2 Å². The topological polar surface area (TPSA) is 91.1 Å². The van der Waals surface area contributed by atoms with Crippen LogP contribution in [-0.2, 0) is 4.74 Å². The maximum absolute atomic E-state index is 11.3. The Bertz CT molecular complexity index is 604. The lowest BCUT2D eigenvalue weighted by molar-refractivity contribution is -0.386. The average Bonchev–Trinajstić information content (AvgIpc) is 2.58. The molecule has 1 aromatic rings. The zero-order valence-corrected chi connectivity index (χ0v) is 14.1. The minimum atomic E-state index is -0.918. The van der Waals surface area contributed by atoms with Gasteiger partial charge in [-0.1, -0.05) is 0 Å². The number of ether oxygens (including phenoxy) is 3. The Morgan fingerprint density at radius 3 is 2.71 bits per heavy atom. The molecule has 0 N–H and O–H groups in total. The molecule has 0 radical (unpaired) electrons. The molecule has 132 valence electrons. The van der Waals surface area contributed by atoms with Gasteiger partial charge in [-0.3, -0.25) is 19.8 Å². The lowest BCUT2D eigenvalue weighted by Gasteiger charge is -2.26. The molecule has 1 saturated heterocycles. The van der Waals surface area contributed by atoms with Crippen LogP contribution in [-0.4, -0.2) is 61.6 Å². The molecule has 1 aliphatic heterocycles. The predicted octanol–water partition coefficient (Wildman–Crippen LogP) is 2.08. The number of benzene rings is 1. The van der Waals surface area contributed by atoms with E-state index in [1.807, 2.05) is 0 Å². The Labute approximate surface area is 144 Å². The first-order valence-corrected chi connectivity index (χ1v) is 7.90. The number of carbonyl (C=O) groups is 1.